The first kappa shape index (κ1) is 10.7. The zero-order valence-electron chi connectivity index (χ0n) is 8.03. The molecule has 0 aliphatic heterocycles. The van der Waals surface area contributed by atoms with Crippen molar-refractivity contribution in [3.63, 3.8) is 0 Å². The molecule has 3 heteroatoms. The molecular formula is C10H17NOS. The van der Waals surface area contributed by atoms with E-state index in [4.69, 9.17) is 10.5 Å². The summed E-state index contributed by atoms with van der Waals surface area (Å²) >= 11 is 1.70. The van der Waals surface area contributed by atoms with Crippen LogP contribution in [-0.4, -0.2) is 13.2 Å². The van der Waals surface area contributed by atoms with Crippen LogP contribution in [0, 0.1) is 0 Å². The number of hydrogen-bond donors (Lipinski definition) is 1. The third-order valence-electron chi connectivity index (χ3n) is 1.98. The fraction of sp³-hybridized carbons (Fsp3) is 0.600. The van der Waals surface area contributed by atoms with Gasteiger partial charge in [0.2, 0.25) is 0 Å². The first-order chi connectivity index (χ1) is 6.34. The summed E-state index contributed by atoms with van der Waals surface area (Å²) in [5.41, 5.74) is 7.22. The molecule has 1 aromatic rings. The molecule has 13 heavy (non-hydrogen) atoms. The summed E-state index contributed by atoms with van der Waals surface area (Å²) in [6.07, 6.45) is 2.06. The van der Waals surface area contributed by atoms with E-state index in [1.54, 1.807) is 11.3 Å². The van der Waals surface area contributed by atoms with Gasteiger partial charge < -0.3 is 10.5 Å². The van der Waals surface area contributed by atoms with E-state index in [2.05, 4.69) is 16.8 Å². The fourth-order valence-corrected chi connectivity index (χ4v) is 1.93. The van der Waals surface area contributed by atoms with E-state index in [0.717, 1.165) is 26.1 Å². The Kier molecular flexibility index (Phi) is 5.05. The van der Waals surface area contributed by atoms with E-state index in [9.17, 15) is 0 Å². The molecule has 0 aliphatic carbocycles. The highest BCUT2D eigenvalue weighted by atomic mass is 32.1. The molecule has 0 aliphatic rings. The van der Waals surface area contributed by atoms with Crippen LogP contribution >= 0.6 is 11.3 Å². The molecule has 0 saturated carbocycles. The minimum absolute atomic E-state index is 0.187. The second-order valence-corrected chi connectivity index (χ2v) is 3.78. The molecule has 1 aromatic heterocycles. The molecule has 0 saturated heterocycles. The maximum atomic E-state index is 5.97. The molecule has 0 aromatic carbocycles. The van der Waals surface area contributed by atoms with Gasteiger partial charge in [0, 0.05) is 19.3 Å². The van der Waals surface area contributed by atoms with Crippen molar-refractivity contribution in [3.05, 3.63) is 22.4 Å². The highest BCUT2D eigenvalue weighted by Gasteiger charge is 2.04. The average Bonchev–Trinajstić information content (AvgIpc) is 2.65. The van der Waals surface area contributed by atoms with Gasteiger partial charge >= 0.3 is 0 Å². The van der Waals surface area contributed by atoms with E-state index in [0.29, 0.717) is 0 Å². The van der Waals surface area contributed by atoms with Gasteiger partial charge in [0.25, 0.3) is 0 Å². The number of rotatable bonds is 6. The Morgan fingerprint density at radius 1 is 1.62 bits per heavy atom. The lowest BCUT2D eigenvalue weighted by Gasteiger charge is -2.09. The van der Waals surface area contributed by atoms with Gasteiger partial charge in [-0.1, -0.05) is 0 Å². The number of nitrogens with two attached hydrogens (primary N) is 1. The minimum atomic E-state index is 0.187. The van der Waals surface area contributed by atoms with Crippen LogP contribution in [0.1, 0.15) is 31.4 Å². The summed E-state index contributed by atoms with van der Waals surface area (Å²) < 4.78 is 5.25. The van der Waals surface area contributed by atoms with Gasteiger partial charge in [-0.05, 0) is 42.2 Å². The highest BCUT2D eigenvalue weighted by molar-refractivity contribution is 7.07. The van der Waals surface area contributed by atoms with Crippen LogP contribution in [0.5, 0.6) is 0 Å². The maximum Gasteiger partial charge on any atom is 0.0466 e. The van der Waals surface area contributed by atoms with E-state index in [-0.39, 0.29) is 6.04 Å². The second kappa shape index (κ2) is 6.13. The zero-order chi connectivity index (χ0) is 9.52. The molecule has 1 rings (SSSR count). The Bertz CT molecular complexity index is 211. The Hall–Kier alpha value is -0.380. The van der Waals surface area contributed by atoms with Gasteiger partial charge in [0.15, 0.2) is 0 Å². The first-order valence-electron chi connectivity index (χ1n) is 4.70. The molecular weight excluding hydrogens is 182 g/mol. The van der Waals surface area contributed by atoms with Crippen molar-refractivity contribution in [1.29, 1.82) is 0 Å². The predicted molar refractivity (Wildman–Crippen MR) is 57.0 cm³/mol. The van der Waals surface area contributed by atoms with E-state index < -0.39 is 0 Å². The first-order valence-corrected chi connectivity index (χ1v) is 5.64. The molecule has 0 bridgehead atoms. The summed E-state index contributed by atoms with van der Waals surface area (Å²) in [4.78, 5) is 0. The monoisotopic (exact) mass is 199 g/mol. The van der Waals surface area contributed by atoms with Crippen LogP contribution in [-0.2, 0) is 4.74 Å². The maximum absolute atomic E-state index is 5.97. The molecule has 0 amide bonds. The third-order valence-corrected chi connectivity index (χ3v) is 2.68. The van der Waals surface area contributed by atoms with Crippen LogP contribution in [0.3, 0.4) is 0 Å². The van der Waals surface area contributed by atoms with Crippen LogP contribution in [0.25, 0.3) is 0 Å². The van der Waals surface area contributed by atoms with Crippen LogP contribution in [0.15, 0.2) is 16.8 Å². The van der Waals surface area contributed by atoms with Gasteiger partial charge in [-0.3, -0.25) is 0 Å². The van der Waals surface area contributed by atoms with E-state index in [1.165, 1.54) is 5.56 Å². The average molecular weight is 199 g/mol. The quantitative estimate of drug-likeness (QED) is 0.715. The van der Waals surface area contributed by atoms with Crippen molar-refractivity contribution >= 4 is 11.3 Å². The van der Waals surface area contributed by atoms with E-state index >= 15 is 0 Å². The molecule has 74 valence electrons. The lowest BCUT2D eigenvalue weighted by Crippen LogP contribution is -2.10. The summed E-state index contributed by atoms with van der Waals surface area (Å²) in [6.45, 7) is 3.64. The Morgan fingerprint density at radius 3 is 3.08 bits per heavy atom. The molecule has 0 spiro atoms. The van der Waals surface area contributed by atoms with Gasteiger partial charge in [0.1, 0.15) is 0 Å². The van der Waals surface area contributed by atoms with Crippen LogP contribution < -0.4 is 5.73 Å². The Balaban J connectivity index is 2.15. The summed E-state index contributed by atoms with van der Waals surface area (Å²) in [7, 11) is 0. The van der Waals surface area contributed by atoms with Gasteiger partial charge in [-0.2, -0.15) is 11.3 Å². The van der Waals surface area contributed by atoms with Gasteiger partial charge in [0.05, 0.1) is 0 Å². The molecule has 1 heterocycles. The third kappa shape index (κ3) is 3.89. The normalized spacial score (nSPS) is 13.1. The minimum Gasteiger partial charge on any atom is -0.382 e. The SMILES string of the molecule is CCOCCCC(N)c1ccsc1. The number of hydrogen-bond acceptors (Lipinski definition) is 3. The Labute approximate surface area is 83.7 Å². The molecule has 1 atom stereocenters. The topological polar surface area (TPSA) is 35.2 Å². The van der Waals surface area contributed by atoms with Gasteiger partial charge in [-0.15, -0.1) is 0 Å². The molecule has 2 nitrogen and oxygen atoms in total. The summed E-state index contributed by atoms with van der Waals surface area (Å²) in [5, 5.41) is 4.18. The number of ether oxygens (including phenoxy) is 1. The van der Waals surface area contributed by atoms with Crippen molar-refractivity contribution < 1.29 is 4.74 Å². The van der Waals surface area contributed by atoms with Crippen molar-refractivity contribution in [2.45, 2.75) is 25.8 Å². The van der Waals surface area contributed by atoms with Crippen molar-refractivity contribution in [3.8, 4) is 0 Å². The largest absolute Gasteiger partial charge is 0.382 e. The molecule has 2 N–H and O–H groups in total. The smallest absolute Gasteiger partial charge is 0.0466 e. The molecule has 0 radical (unpaired) electrons. The van der Waals surface area contributed by atoms with E-state index in [1.807, 2.05) is 6.92 Å². The van der Waals surface area contributed by atoms with Crippen molar-refractivity contribution in [2.24, 2.45) is 5.73 Å². The summed E-state index contributed by atoms with van der Waals surface area (Å²) in [6, 6.07) is 2.28. The fourth-order valence-electron chi connectivity index (χ4n) is 1.20. The predicted octanol–water partition coefficient (Wildman–Crippen LogP) is 2.56. The number of thiophene rings is 1. The second-order valence-electron chi connectivity index (χ2n) is 3.00. The Morgan fingerprint density at radius 2 is 2.46 bits per heavy atom. The summed E-state index contributed by atoms with van der Waals surface area (Å²) in [5.74, 6) is 0. The van der Waals surface area contributed by atoms with Crippen molar-refractivity contribution in [2.75, 3.05) is 13.2 Å². The lowest BCUT2D eigenvalue weighted by molar-refractivity contribution is 0.142. The van der Waals surface area contributed by atoms with Gasteiger partial charge in [-0.25, -0.2) is 0 Å². The van der Waals surface area contributed by atoms with Crippen LogP contribution in [0.4, 0.5) is 0 Å². The standard InChI is InChI=1S/C10H17NOS/c1-2-12-6-3-4-10(11)9-5-7-13-8-9/h5,7-8,10H,2-4,6,11H2,1H3. The van der Waals surface area contributed by atoms with Crippen molar-refractivity contribution in [1.82, 2.24) is 0 Å². The molecule has 1 unspecified atom stereocenters. The van der Waals surface area contributed by atoms with Crippen LogP contribution in [0.2, 0.25) is 0 Å². The lowest BCUT2D eigenvalue weighted by atomic mass is 10.1. The zero-order valence-corrected chi connectivity index (χ0v) is 8.85. The molecule has 0 fully saturated rings. The highest BCUT2D eigenvalue weighted by Crippen LogP contribution is 2.18.